The number of rotatable bonds is 3. The molecule has 72 valence electrons. The average molecular weight is 196 g/mol. The van der Waals surface area contributed by atoms with Crippen molar-refractivity contribution in [3.63, 3.8) is 0 Å². The first-order chi connectivity index (χ1) is 6.19. The molecule has 0 spiro atoms. The fourth-order valence-electron chi connectivity index (χ4n) is 1.14. The Hall–Kier alpha value is -0.540. The minimum Gasteiger partial charge on any atom is -0.326 e. The molecule has 0 saturated carbocycles. The Balaban J connectivity index is 3.05. The highest BCUT2D eigenvalue weighted by Gasteiger charge is 2.05. The van der Waals surface area contributed by atoms with Gasteiger partial charge in [-0.05, 0) is 23.8 Å². The number of hydrogen-bond donors (Lipinski definition) is 1. The molecule has 0 aliphatic heterocycles. The fourth-order valence-corrected chi connectivity index (χ4v) is 1.75. The molecule has 1 aromatic rings. The van der Waals surface area contributed by atoms with Crippen LogP contribution in [0.25, 0.3) is 0 Å². The summed E-state index contributed by atoms with van der Waals surface area (Å²) in [6, 6.07) is 4.14. The highest BCUT2D eigenvalue weighted by molar-refractivity contribution is 7.98. The molecule has 0 aromatic carbocycles. The molecule has 0 atom stereocenters. The Morgan fingerprint density at radius 3 is 2.62 bits per heavy atom. The third-order valence-electron chi connectivity index (χ3n) is 1.97. The number of hydrogen-bond acceptors (Lipinski definition) is 3. The van der Waals surface area contributed by atoms with Crippen LogP contribution in [0, 0.1) is 0 Å². The topological polar surface area (TPSA) is 38.9 Å². The lowest BCUT2D eigenvalue weighted by atomic mass is 10.1. The van der Waals surface area contributed by atoms with E-state index in [1.807, 2.05) is 6.26 Å². The molecule has 0 saturated heterocycles. The zero-order valence-electron chi connectivity index (χ0n) is 8.37. The minimum absolute atomic E-state index is 0.484. The largest absolute Gasteiger partial charge is 0.326 e. The Bertz CT molecular complexity index is 284. The smallest absolute Gasteiger partial charge is 0.101 e. The lowest BCUT2D eigenvalue weighted by Gasteiger charge is -2.09. The molecular formula is C10H16N2S. The molecule has 0 aliphatic carbocycles. The van der Waals surface area contributed by atoms with Crippen LogP contribution in [0.3, 0.4) is 0 Å². The SMILES string of the molecule is CSc1nc(C(C)C)ccc1CN. The summed E-state index contributed by atoms with van der Waals surface area (Å²) in [6.07, 6.45) is 2.03. The van der Waals surface area contributed by atoms with E-state index in [-0.39, 0.29) is 0 Å². The third-order valence-corrected chi connectivity index (χ3v) is 2.71. The molecule has 13 heavy (non-hydrogen) atoms. The summed E-state index contributed by atoms with van der Waals surface area (Å²) in [5.74, 6) is 0.484. The molecule has 1 aromatic heterocycles. The number of aromatic nitrogens is 1. The van der Waals surface area contributed by atoms with Crippen molar-refractivity contribution in [2.75, 3.05) is 6.26 Å². The van der Waals surface area contributed by atoms with Gasteiger partial charge in [-0.15, -0.1) is 11.8 Å². The van der Waals surface area contributed by atoms with Crippen molar-refractivity contribution in [3.8, 4) is 0 Å². The monoisotopic (exact) mass is 196 g/mol. The second-order valence-corrected chi connectivity index (χ2v) is 4.06. The van der Waals surface area contributed by atoms with E-state index in [2.05, 4.69) is 31.0 Å². The van der Waals surface area contributed by atoms with Crippen LogP contribution in [0.2, 0.25) is 0 Å². The standard InChI is InChI=1S/C10H16N2S/c1-7(2)9-5-4-8(6-11)10(12-9)13-3/h4-5,7H,6,11H2,1-3H3. The maximum atomic E-state index is 5.60. The normalized spacial score (nSPS) is 10.8. The van der Waals surface area contributed by atoms with E-state index >= 15 is 0 Å². The fraction of sp³-hybridized carbons (Fsp3) is 0.500. The van der Waals surface area contributed by atoms with Crippen molar-refractivity contribution >= 4 is 11.8 Å². The molecular weight excluding hydrogens is 180 g/mol. The molecule has 1 rings (SSSR count). The molecule has 0 unspecified atom stereocenters. The molecule has 0 fully saturated rings. The van der Waals surface area contributed by atoms with Gasteiger partial charge in [-0.3, -0.25) is 0 Å². The van der Waals surface area contributed by atoms with Crippen molar-refractivity contribution in [3.05, 3.63) is 23.4 Å². The zero-order chi connectivity index (χ0) is 9.84. The molecule has 2 N–H and O–H groups in total. The van der Waals surface area contributed by atoms with Gasteiger partial charge in [0, 0.05) is 12.2 Å². The molecule has 2 nitrogen and oxygen atoms in total. The van der Waals surface area contributed by atoms with E-state index in [4.69, 9.17) is 5.73 Å². The van der Waals surface area contributed by atoms with E-state index in [1.165, 1.54) is 0 Å². The second kappa shape index (κ2) is 4.63. The van der Waals surface area contributed by atoms with E-state index in [9.17, 15) is 0 Å². The molecule has 0 bridgehead atoms. The maximum Gasteiger partial charge on any atom is 0.101 e. The zero-order valence-corrected chi connectivity index (χ0v) is 9.19. The van der Waals surface area contributed by atoms with Gasteiger partial charge in [-0.1, -0.05) is 19.9 Å². The van der Waals surface area contributed by atoms with Gasteiger partial charge < -0.3 is 5.73 Å². The Morgan fingerprint density at radius 2 is 2.15 bits per heavy atom. The van der Waals surface area contributed by atoms with Crippen molar-refractivity contribution < 1.29 is 0 Å². The van der Waals surface area contributed by atoms with Gasteiger partial charge in [0.15, 0.2) is 0 Å². The Labute approximate surface area is 83.9 Å². The lowest BCUT2D eigenvalue weighted by molar-refractivity contribution is 0.791. The van der Waals surface area contributed by atoms with Gasteiger partial charge >= 0.3 is 0 Å². The van der Waals surface area contributed by atoms with E-state index in [0.29, 0.717) is 12.5 Å². The van der Waals surface area contributed by atoms with Crippen LogP contribution in [-0.4, -0.2) is 11.2 Å². The second-order valence-electron chi connectivity index (χ2n) is 3.26. The van der Waals surface area contributed by atoms with Crippen LogP contribution in [0.15, 0.2) is 17.2 Å². The van der Waals surface area contributed by atoms with E-state index < -0.39 is 0 Å². The number of pyridine rings is 1. The van der Waals surface area contributed by atoms with Gasteiger partial charge in [-0.2, -0.15) is 0 Å². The summed E-state index contributed by atoms with van der Waals surface area (Å²) < 4.78 is 0. The van der Waals surface area contributed by atoms with Crippen molar-refractivity contribution in [2.24, 2.45) is 5.73 Å². The highest BCUT2D eigenvalue weighted by Crippen LogP contribution is 2.21. The third kappa shape index (κ3) is 2.45. The first-order valence-corrected chi connectivity index (χ1v) is 5.65. The Morgan fingerprint density at radius 1 is 1.46 bits per heavy atom. The van der Waals surface area contributed by atoms with Crippen molar-refractivity contribution in [2.45, 2.75) is 31.3 Å². The van der Waals surface area contributed by atoms with Gasteiger partial charge in [-0.25, -0.2) is 4.98 Å². The minimum atomic E-state index is 0.484. The van der Waals surface area contributed by atoms with E-state index in [1.54, 1.807) is 11.8 Å². The summed E-state index contributed by atoms with van der Waals surface area (Å²) >= 11 is 1.66. The van der Waals surface area contributed by atoms with Crippen LogP contribution < -0.4 is 5.73 Å². The molecule has 3 heteroatoms. The average Bonchev–Trinajstić information content (AvgIpc) is 2.16. The molecule has 0 radical (unpaired) electrons. The summed E-state index contributed by atoms with van der Waals surface area (Å²) in [4.78, 5) is 4.54. The van der Waals surface area contributed by atoms with Crippen LogP contribution in [0.4, 0.5) is 0 Å². The van der Waals surface area contributed by atoms with Crippen LogP contribution >= 0.6 is 11.8 Å². The van der Waals surface area contributed by atoms with Crippen LogP contribution in [0.1, 0.15) is 31.0 Å². The maximum absolute atomic E-state index is 5.60. The quantitative estimate of drug-likeness (QED) is 0.754. The first kappa shape index (κ1) is 10.5. The van der Waals surface area contributed by atoms with Gasteiger partial charge in [0.25, 0.3) is 0 Å². The summed E-state index contributed by atoms with van der Waals surface area (Å²) in [7, 11) is 0. The van der Waals surface area contributed by atoms with Crippen molar-refractivity contribution in [1.29, 1.82) is 0 Å². The summed E-state index contributed by atoms with van der Waals surface area (Å²) in [5, 5.41) is 1.06. The Kier molecular flexibility index (Phi) is 3.75. The van der Waals surface area contributed by atoms with Gasteiger partial charge in [0.1, 0.15) is 5.03 Å². The van der Waals surface area contributed by atoms with Crippen LogP contribution in [0.5, 0.6) is 0 Å². The van der Waals surface area contributed by atoms with Crippen LogP contribution in [-0.2, 0) is 6.54 Å². The number of thioether (sulfide) groups is 1. The van der Waals surface area contributed by atoms with E-state index in [0.717, 1.165) is 16.3 Å². The lowest BCUT2D eigenvalue weighted by Crippen LogP contribution is -2.02. The first-order valence-electron chi connectivity index (χ1n) is 4.43. The number of nitrogens with zero attached hydrogens (tertiary/aromatic N) is 1. The van der Waals surface area contributed by atoms with Crippen molar-refractivity contribution in [1.82, 2.24) is 4.98 Å². The number of nitrogens with two attached hydrogens (primary N) is 1. The molecule has 1 heterocycles. The molecule has 0 aliphatic rings. The summed E-state index contributed by atoms with van der Waals surface area (Å²) in [5.41, 5.74) is 7.88. The predicted molar refractivity (Wildman–Crippen MR) is 58.0 cm³/mol. The predicted octanol–water partition coefficient (Wildman–Crippen LogP) is 2.39. The van der Waals surface area contributed by atoms with Gasteiger partial charge in [0.05, 0.1) is 0 Å². The van der Waals surface area contributed by atoms with Gasteiger partial charge in [0.2, 0.25) is 0 Å². The summed E-state index contributed by atoms with van der Waals surface area (Å²) in [6.45, 7) is 4.87. The molecule has 0 amide bonds. The highest BCUT2D eigenvalue weighted by atomic mass is 32.2.